The summed E-state index contributed by atoms with van der Waals surface area (Å²) in [7, 11) is 0. The molecule has 0 atom stereocenters. The standard InChI is InChI=1S/C43H72N2O6/c1-3-5-7-9-13-19-27-37(28-20-14-10-8-6-4-2)51-41(48)32-22-16-12-18-26-34-44(33-25-17-11-15-21-31-40(46)47)35-36-45-42(49)38-29-23-24-30-39(38)43(45)50/h23-24,29-30,37H,3-22,25-28,31-36H2,1-2H3,(H,46,47). The molecule has 0 bridgehead atoms. The Morgan fingerprint density at radius 3 is 1.53 bits per heavy atom. The predicted molar refractivity (Wildman–Crippen MR) is 207 cm³/mol. The van der Waals surface area contributed by atoms with Gasteiger partial charge in [-0.15, -0.1) is 0 Å². The molecule has 0 saturated carbocycles. The summed E-state index contributed by atoms with van der Waals surface area (Å²) in [5.41, 5.74) is 0.982. The molecule has 1 heterocycles. The third-order valence-corrected chi connectivity index (χ3v) is 10.3. The number of imide groups is 1. The van der Waals surface area contributed by atoms with Crippen molar-refractivity contribution in [3.63, 3.8) is 0 Å². The maximum absolute atomic E-state index is 12.9. The Morgan fingerprint density at radius 1 is 0.608 bits per heavy atom. The van der Waals surface area contributed by atoms with Crippen molar-refractivity contribution >= 4 is 23.8 Å². The number of nitrogens with zero attached hydrogens (tertiary/aromatic N) is 2. The Bertz CT molecular complexity index is 1060. The summed E-state index contributed by atoms with van der Waals surface area (Å²) in [6.07, 6.45) is 27.7. The van der Waals surface area contributed by atoms with Gasteiger partial charge in [0.25, 0.3) is 11.8 Å². The minimum absolute atomic E-state index is 0.0285. The number of carbonyl (C=O) groups excluding carboxylic acids is 3. The molecule has 0 unspecified atom stereocenters. The highest BCUT2D eigenvalue weighted by Crippen LogP contribution is 2.23. The fourth-order valence-corrected chi connectivity index (χ4v) is 7.11. The van der Waals surface area contributed by atoms with E-state index < -0.39 is 5.97 Å². The molecule has 8 nitrogen and oxygen atoms in total. The number of ether oxygens (including phenoxy) is 1. The van der Waals surface area contributed by atoms with E-state index in [1.165, 1.54) is 69.1 Å². The lowest BCUT2D eigenvalue weighted by molar-refractivity contribution is -0.150. The third-order valence-electron chi connectivity index (χ3n) is 10.3. The molecular formula is C43H72N2O6. The first kappa shape index (κ1) is 44.4. The average Bonchev–Trinajstić information content (AvgIpc) is 3.36. The third kappa shape index (κ3) is 20.2. The first-order chi connectivity index (χ1) is 24.9. The molecule has 1 aliphatic heterocycles. The number of hydrogen-bond acceptors (Lipinski definition) is 6. The second kappa shape index (κ2) is 28.8. The van der Waals surface area contributed by atoms with E-state index in [1.807, 2.05) is 0 Å². The van der Waals surface area contributed by atoms with Crippen LogP contribution in [0, 0.1) is 0 Å². The van der Waals surface area contributed by atoms with Crippen LogP contribution in [0.25, 0.3) is 0 Å². The zero-order valence-corrected chi connectivity index (χ0v) is 32.5. The lowest BCUT2D eigenvalue weighted by atomic mass is 10.0. The topological polar surface area (TPSA) is 104 Å². The quantitative estimate of drug-likeness (QED) is 0.0431. The molecule has 0 spiro atoms. The molecule has 1 aromatic carbocycles. The molecule has 0 saturated heterocycles. The van der Waals surface area contributed by atoms with Gasteiger partial charge >= 0.3 is 11.9 Å². The number of esters is 1. The fourth-order valence-electron chi connectivity index (χ4n) is 7.11. The van der Waals surface area contributed by atoms with Crippen LogP contribution >= 0.6 is 0 Å². The van der Waals surface area contributed by atoms with Crippen molar-refractivity contribution in [2.75, 3.05) is 26.2 Å². The van der Waals surface area contributed by atoms with E-state index in [1.54, 1.807) is 24.3 Å². The average molecular weight is 713 g/mol. The number of carboxylic acid groups (broad SMARTS) is 1. The molecule has 0 fully saturated rings. The number of fused-ring (bicyclic) bond motifs is 1. The maximum atomic E-state index is 12.9. The van der Waals surface area contributed by atoms with Gasteiger partial charge in [0.15, 0.2) is 0 Å². The number of rotatable bonds is 34. The monoisotopic (exact) mass is 713 g/mol. The van der Waals surface area contributed by atoms with Crippen LogP contribution in [-0.4, -0.2) is 70.9 Å². The minimum atomic E-state index is -0.736. The van der Waals surface area contributed by atoms with Crippen LogP contribution in [0.3, 0.4) is 0 Å². The van der Waals surface area contributed by atoms with Gasteiger partial charge in [-0.3, -0.25) is 24.1 Å². The van der Waals surface area contributed by atoms with Crippen molar-refractivity contribution in [1.29, 1.82) is 0 Å². The maximum Gasteiger partial charge on any atom is 0.306 e. The number of hydrogen-bond donors (Lipinski definition) is 1. The Balaban J connectivity index is 1.70. The molecule has 2 rings (SSSR count). The Morgan fingerprint density at radius 2 is 1.04 bits per heavy atom. The Hall–Kier alpha value is -2.74. The van der Waals surface area contributed by atoms with Gasteiger partial charge < -0.3 is 14.7 Å². The molecule has 8 heteroatoms. The van der Waals surface area contributed by atoms with Crippen LogP contribution in [0.2, 0.25) is 0 Å². The molecule has 2 amide bonds. The zero-order valence-electron chi connectivity index (χ0n) is 32.5. The first-order valence-corrected chi connectivity index (χ1v) is 21.0. The SMILES string of the molecule is CCCCCCCCC(CCCCCCCC)OC(=O)CCCCCCCN(CCCCCCCC(=O)O)CCN1C(=O)c2ccccc2C1=O. The summed E-state index contributed by atoms with van der Waals surface area (Å²) in [6.45, 7) is 7.32. The summed E-state index contributed by atoms with van der Waals surface area (Å²) in [5.74, 6) is -1.17. The largest absolute Gasteiger partial charge is 0.481 e. The molecule has 0 aliphatic carbocycles. The predicted octanol–water partition coefficient (Wildman–Crippen LogP) is 10.8. The Kier molecular flexibility index (Phi) is 25.1. The summed E-state index contributed by atoms with van der Waals surface area (Å²) in [5, 5.41) is 8.86. The Labute approximate surface area is 310 Å². The van der Waals surface area contributed by atoms with E-state index in [4.69, 9.17) is 9.84 Å². The first-order valence-electron chi connectivity index (χ1n) is 21.0. The summed E-state index contributed by atoms with van der Waals surface area (Å²) in [4.78, 5) is 53.1. The molecule has 1 aliphatic rings. The van der Waals surface area contributed by atoms with Crippen LogP contribution in [0.4, 0.5) is 0 Å². The van der Waals surface area contributed by atoms with Crippen LogP contribution in [0.15, 0.2) is 24.3 Å². The summed E-state index contributed by atoms with van der Waals surface area (Å²) in [6, 6.07) is 7.04. The lowest BCUT2D eigenvalue weighted by Gasteiger charge is -2.25. The molecular weight excluding hydrogens is 640 g/mol. The van der Waals surface area contributed by atoms with Gasteiger partial charge in [0, 0.05) is 25.9 Å². The van der Waals surface area contributed by atoms with Crippen molar-refractivity contribution < 1.29 is 29.0 Å². The van der Waals surface area contributed by atoms with Crippen molar-refractivity contribution in [1.82, 2.24) is 9.80 Å². The second-order valence-corrected chi connectivity index (χ2v) is 14.8. The van der Waals surface area contributed by atoms with Crippen LogP contribution in [-0.2, 0) is 14.3 Å². The van der Waals surface area contributed by atoms with Crippen LogP contribution < -0.4 is 0 Å². The minimum Gasteiger partial charge on any atom is -0.481 e. The number of carbonyl (C=O) groups is 4. The van der Waals surface area contributed by atoms with Gasteiger partial charge in [0.05, 0.1) is 11.1 Å². The molecule has 290 valence electrons. The van der Waals surface area contributed by atoms with E-state index in [9.17, 15) is 19.2 Å². The van der Waals surface area contributed by atoms with Crippen LogP contribution in [0.5, 0.6) is 0 Å². The molecule has 0 aromatic heterocycles. The van der Waals surface area contributed by atoms with E-state index in [2.05, 4.69) is 18.7 Å². The van der Waals surface area contributed by atoms with E-state index in [-0.39, 0.29) is 30.3 Å². The van der Waals surface area contributed by atoms with Gasteiger partial charge in [-0.25, -0.2) is 0 Å². The van der Waals surface area contributed by atoms with E-state index in [0.29, 0.717) is 30.6 Å². The van der Waals surface area contributed by atoms with Crippen molar-refractivity contribution in [2.24, 2.45) is 0 Å². The second-order valence-electron chi connectivity index (χ2n) is 14.8. The van der Waals surface area contributed by atoms with Crippen molar-refractivity contribution in [3.05, 3.63) is 35.4 Å². The summed E-state index contributed by atoms with van der Waals surface area (Å²) < 4.78 is 6.03. The van der Waals surface area contributed by atoms with Crippen molar-refractivity contribution in [3.8, 4) is 0 Å². The van der Waals surface area contributed by atoms with E-state index in [0.717, 1.165) is 103 Å². The number of unbranched alkanes of at least 4 members (excludes halogenated alkanes) is 18. The molecule has 51 heavy (non-hydrogen) atoms. The number of carboxylic acids is 1. The fraction of sp³-hybridized carbons (Fsp3) is 0.767. The van der Waals surface area contributed by atoms with Crippen molar-refractivity contribution in [2.45, 2.75) is 187 Å². The highest BCUT2D eigenvalue weighted by Gasteiger charge is 2.34. The molecule has 1 N–H and O–H groups in total. The van der Waals surface area contributed by atoms with Crippen LogP contribution in [0.1, 0.15) is 202 Å². The number of aliphatic carboxylic acids is 1. The van der Waals surface area contributed by atoms with Gasteiger partial charge in [0.2, 0.25) is 0 Å². The van der Waals surface area contributed by atoms with E-state index >= 15 is 0 Å². The number of benzene rings is 1. The van der Waals surface area contributed by atoms with Gasteiger partial charge in [-0.05, 0) is 76.6 Å². The molecule has 0 radical (unpaired) electrons. The van der Waals surface area contributed by atoms with Gasteiger partial charge in [-0.2, -0.15) is 0 Å². The normalized spacial score (nSPS) is 12.7. The van der Waals surface area contributed by atoms with Gasteiger partial charge in [-0.1, -0.05) is 129 Å². The smallest absolute Gasteiger partial charge is 0.306 e. The highest BCUT2D eigenvalue weighted by molar-refractivity contribution is 6.21. The zero-order chi connectivity index (χ0) is 36.9. The van der Waals surface area contributed by atoms with Gasteiger partial charge in [0.1, 0.15) is 6.10 Å². The lowest BCUT2D eigenvalue weighted by Crippen LogP contribution is -2.39. The highest BCUT2D eigenvalue weighted by atomic mass is 16.5. The number of amides is 2. The summed E-state index contributed by atoms with van der Waals surface area (Å²) >= 11 is 0. The molecule has 1 aromatic rings.